The minimum Gasteiger partial charge on any atom is -0.425 e. The second-order valence-corrected chi connectivity index (χ2v) is 3.82. The number of hydrogen-bond acceptors (Lipinski definition) is 3. The second-order valence-electron chi connectivity index (χ2n) is 0.474. The fraction of sp³-hybridized carbons (Fsp3) is 0. The third-order valence-electron chi connectivity index (χ3n) is 0.115. The molecule has 6 heteroatoms. The zero-order chi connectivity index (χ0) is 4.28. The molecule has 0 aromatic rings. The van der Waals surface area contributed by atoms with Crippen molar-refractivity contribution in [1.29, 1.82) is 0 Å². The highest BCUT2D eigenvalue weighted by Gasteiger charge is 1.78. The normalized spacial score (nSPS) is 8.17. The summed E-state index contributed by atoms with van der Waals surface area (Å²) < 4.78 is 18.4. The Labute approximate surface area is 43.8 Å². The molecule has 0 aliphatic carbocycles. The highest BCUT2D eigenvalue weighted by Crippen LogP contribution is 1.90. The first-order valence-corrected chi connectivity index (χ1v) is 4.89. The third-order valence-corrected chi connectivity index (χ3v) is 1.04. The standard InChI is InChI=1S/ClH.H3O3PSi/c;1-4(2)5-3/h1H;3H,5H2. The maximum Gasteiger partial charge on any atom is 0.304 e. The lowest BCUT2D eigenvalue weighted by atomic mass is 15.9. The van der Waals surface area contributed by atoms with Crippen molar-refractivity contribution in [2.24, 2.45) is 0 Å². The molecule has 0 aromatic carbocycles. The van der Waals surface area contributed by atoms with E-state index in [1.54, 1.807) is 0 Å². The highest BCUT2D eigenvalue weighted by atomic mass is 35.5. The quantitative estimate of drug-likeness (QED) is 0.404. The van der Waals surface area contributed by atoms with Gasteiger partial charge in [0.15, 0.2) is 0 Å². The van der Waals surface area contributed by atoms with Crippen molar-refractivity contribution in [2.75, 3.05) is 0 Å². The predicted octanol–water partition coefficient (Wildman–Crippen LogP) is -0.428. The fourth-order valence-corrected chi connectivity index (χ4v) is 0. The van der Waals surface area contributed by atoms with Gasteiger partial charge in [0.05, 0.1) is 0 Å². The Hall–Kier alpha value is 0.367. The van der Waals surface area contributed by atoms with Crippen molar-refractivity contribution in [2.45, 2.75) is 0 Å². The first-order valence-electron chi connectivity index (χ1n) is 0.998. The average Bonchev–Trinajstić information content (AvgIpc) is 1.38. The lowest BCUT2D eigenvalue weighted by Crippen LogP contribution is -1.65. The Morgan fingerprint density at radius 1 is 1.50 bits per heavy atom. The summed E-state index contributed by atoms with van der Waals surface area (Å²) >= 11 is 0. The van der Waals surface area contributed by atoms with Crippen LogP contribution >= 0.6 is 19.6 Å². The molecule has 0 saturated carbocycles. The van der Waals surface area contributed by atoms with Crippen LogP contribution < -0.4 is 0 Å². The molecular weight excluding hydrogens is 143 g/mol. The van der Waals surface area contributed by atoms with Gasteiger partial charge < -0.3 is 4.80 Å². The topological polar surface area (TPSA) is 54.4 Å². The lowest BCUT2D eigenvalue weighted by molar-refractivity contribution is 0.517. The van der Waals surface area contributed by atoms with Crippen LogP contribution in [0.15, 0.2) is 0 Å². The van der Waals surface area contributed by atoms with Crippen LogP contribution in [-0.4, -0.2) is 14.2 Å². The monoisotopic (exact) mass is 146 g/mol. The van der Waals surface area contributed by atoms with E-state index in [1.807, 2.05) is 0 Å². The van der Waals surface area contributed by atoms with E-state index in [4.69, 9.17) is 4.80 Å². The molecule has 38 valence electrons. The van der Waals surface area contributed by atoms with Crippen LogP contribution in [0.5, 0.6) is 0 Å². The summed E-state index contributed by atoms with van der Waals surface area (Å²) in [5, 5.41) is 0. The molecular formula is H4ClO3PSi. The highest BCUT2D eigenvalue weighted by molar-refractivity contribution is 7.64. The zero-order valence-corrected chi connectivity index (χ0v) is 5.95. The van der Waals surface area contributed by atoms with Gasteiger partial charge in [-0.1, -0.05) is 0 Å². The van der Waals surface area contributed by atoms with Crippen LogP contribution in [0, 0.1) is 0 Å². The van der Waals surface area contributed by atoms with E-state index in [1.165, 1.54) is 0 Å². The van der Waals surface area contributed by atoms with Gasteiger partial charge in [-0.2, -0.15) is 0 Å². The van der Waals surface area contributed by atoms with E-state index in [0.29, 0.717) is 0 Å². The van der Waals surface area contributed by atoms with E-state index in [2.05, 4.69) is 0 Å². The van der Waals surface area contributed by atoms with Crippen LogP contribution in [0.2, 0.25) is 0 Å². The summed E-state index contributed by atoms with van der Waals surface area (Å²) in [6.45, 7) is 0. The molecule has 1 N–H and O–H groups in total. The van der Waals surface area contributed by atoms with Gasteiger partial charge in [-0.3, -0.25) is 0 Å². The molecule has 0 amide bonds. The van der Waals surface area contributed by atoms with E-state index in [-0.39, 0.29) is 12.4 Å². The van der Waals surface area contributed by atoms with Crippen LogP contribution in [0.3, 0.4) is 0 Å². The molecule has 0 fully saturated rings. The largest absolute Gasteiger partial charge is 0.425 e. The molecule has 3 nitrogen and oxygen atoms in total. The second kappa shape index (κ2) is 5.37. The predicted molar refractivity (Wildman–Crippen MR) is 26.3 cm³/mol. The molecule has 0 unspecified atom stereocenters. The van der Waals surface area contributed by atoms with Gasteiger partial charge in [0.25, 0.3) is 0 Å². The van der Waals surface area contributed by atoms with Crippen LogP contribution in [0.25, 0.3) is 0 Å². The molecule has 0 aromatic heterocycles. The maximum atomic E-state index is 9.22. The van der Waals surface area contributed by atoms with Gasteiger partial charge in [-0.25, -0.2) is 9.13 Å². The van der Waals surface area contributed by atoms with Crippen LogP contribution in [0.1, 0.15) is 0 Å². The van der Waals surface area contributed by atoms with E-state index in [9.17, 15) is 9.13 Å². The van der Waals surface area contributed by atoms with Crippen molar-refractivity contribution in [1.82, 2.24) is 0 Å². The van der Waals surface area contributed by atoms with Gasteiger partial charge in [0, 0.05) is 0 Å². The lowest BCUT2D eigenvalue weighted by Gasteiger charge is -1.53. The maximum absolute atomic E-state index is 9.22. The summed E-state index contributed by atoms with van der Waals surface area (Å²) in [5.74, 6) is 0. The molecule has 0 spiro atoms. The molecule has 0 bridgehead atoms. The first-order chi connectivity index (χ1) is 2.27. The fourth-order valence-electron chi connectivity index (χ4n) is 0. The van der Waals surface area contributed by atoms with Gasteiger partial charge in [0.2, 0.25) is 0 Å². The van der Waals surface area contributed by atoms with Crippen molar-refractivity contribution in [3.63, 3.8) is 0 Å². The molecule has 0 saturated heterocycles. The third kappa shape index (κ3) is 8.84. The van der Waals surface area contributed by atoms with E-state index in [0.717, 1.165) is 0 Å². The number of halogens is 1. The Balaban J connectivity index is 0. The minimum atomic E-state index is -2.40. The summed E-state index contributed by atoms with van der Waals surface area (Å²) in [6.07, 6.45) is 0. The smallest absolute Gasteiger partial charge is 0.304 e. The molecule has 6 heavy (non-hydrogen) atoms. The SMILES string of the molecule is Cl.O=P(=O)[SiH2]O. The Kier molecular flexibility index (Phi) is 8.60. The molecule has 0 radical (unpaired) electrons. The molecule has 0 aliphatic rings. The summed E-state index contributed by atoms with van der Waals surface area (Å²) in [4.78, 5) is 7.69. The molecule has 0 atom stereocenters. The van der Waals surface area contributed by atoms with E-state index < -0.39 is 16.7 Å². The summed E-state index contributed by atoms with van der Waals surface area (Å²) in [6, 6.07) is 0. The summed E-state index contributed by atoms with van der Waals surface area (Å²) in [5.41, 5.74) is 0. The van der Waals surface area contributed by atoms with Gasteiger partial charge >= 0.3 is 16.7 Å². The molecule has 0 heterocycles. The minimum absolute atomic E-state index is 0. The zero-order valence-electron chi connectivity index (χ0n) is 2.83. The number of hydrogen-bond donors (Lipinski definition) is 1. The van der Waals surface area contributed by atoms with Crippen molar-refractivity contribution >= 4 is 29.1 Å². The van der Waals surface area contributed by atoms with Gasteiger partial charge in [-0.05, 0) is 0 Å². The van der Waals surface area contributed by atoms with Crippen LogP contribution in [0.4, 0.5) is 0 Å². The van der Waals surface area contributed by atoms with Crippen molar-refractivity contribution in [3.05, 3.63) is 0 Å². The Morgan fingerprint density at radius 2 is 1.67 bits per heavy atom. The van der Waals surface area contributed by atoms with E-state index >= 15 is 0 Å². The van der Waals surface area contributed by atoms with Crippen LogP contribution in [-0.2, 0) is 9.13 Å². The van der Waals surface area contributed by atoms with Gasteiger partial charge in [0.1, 0.15) is 0 Å². The molecule has 0 aliphatic heterocycles. The summed E-state index contributed by atoms with van der Waals surface area (Å²) in [7, 11) is -4.10. The Bertz CT molecular complexity index is 68.9. The van der Waals surface area contributed by atoms with Crippen molar-refractivity contribution < 1.29 is 13.9 Å². The Morgan fingerprint density at radius 3 is 1.67 bits per heavy atom. The number of rotatable bonds is 1. The molecule has 0 rings (SSSR count). The first kappa shape index (κ1) is 9.62. The van der Waals surface area contributed by atoms with Gasteiger partial charge in [-0.15, -0.1) is 12.4 Å². The average molecular weight is 147 g/mol. The van der Waals surface area contributed by atoms with Crippen molar-refractivity contribution in [3.8, 4) is 0 Å².